The van der Waals surface area contributed by atoms with Crippen molar-refractivity contribution in [2.24, 2.45) is 0 Å². The highest BCUT2D eigenvalue weighted by atomic mass is 32.2. The van der Waals surface area contributed by atoms with Crippen LogP contribution in [-0.2, 0) is 14.6 Å². The summed E-state index contributed by atoms with van der Waals surface area (Å²) in [6, 6.07) is 6.06. The summed E-state index contributed by atoms with van der Waals surface area (Å²) in [6.07, 6.45) is 4.68. The van der Waals surface area contributed by atoms with Crippen molar-refractivity contribution in [3.63, 3.8) is 0 Å². The SMILES string of the molecule is CSc1cc(C2C3=C(CCCC3=O)NC3=C2S(=O)(=O)CC3)ccc1C. The van der Waals surface area contributed by atoms with Crippen molar-refractivity contribution >= 4 is 27.4 Å². The van der Waals surface area contributed by atoms with E-state index in [0.29, 0.717) is 23.3 Å². The molecule has 0 spiro atoms. The maximum atomic E-state index is 12.7. The van der Waals surface area contributed by atoms with Crippen molar-refractivity contribution in [2.45, 2.75) is 43.4 Å². The maximum absolute atomic E-state index is 12.7. The second-order valence-corrected chi connectivity index (χ2v) is 9.79. The van der Waals surface area contributed by atoms with Gasteiger partial charge in [-0.1, -0.05) is 12.1 Å². The first-order chi connectivity index (χ1) is 11.9. The Kier molecular flexibility index (Phi) is 4.07. The van der Waals surface area contributed by atoms with Gasteiger partial charge in [0.15, 0.2) is 15.6 Å². The number of benzene rings is 1. The van der Waals surface area contributed by atoms with E-state index in [1.807, 2.05) is 25.3 Å². The summed E-state index contributed by atoms with van der Waals surface area (Å²) in [7, 11) is -3.32. The fourth-order valence-electron chi connectivity index (χ4n) is 4.11. The molecule has 0 aromatic heterocycles. The summed E-state index contributed by atoms with van der Waals surface area (Å²) in [5.41, 5.74) is 4.48. The highest BCUT2D eigenvalue weighted by Gasteiger charge is 2.44. The molecule has 132 valence electrons. The number of rotatable bonds is 2. The van der Waals surface area contributed by atoms with Crippen LogP contribution in [0.3, 0.4) is 0 Å². The first-order valence-electron chi connectivity index (χ1n) is 8.56. The van der Waals surface area contributed by atoms with Crippen LogP contribution in [0.2, 0.25) is 0 Å². The summed E-state index contributed by atoms with van der Waals surface area (Å²) in [6.45, 7) is 2.05. The number of Topliss-reactive ketones (excluding diaryl/α,β-unsaturated/α-hetero) is 1. The molecule has 0 fully saturated rings. The van der Waals surface area contributed by atoms with Gasteiger partial charge in [-0.25, -0.2) is 8.42 Å². The molecule has 0 amide bonds. The molecule has 25 heavy (non-hydrogen) atoms. The van der Waals surface area contributed by atoms with E-state index >= 15 is 0 Å². The van der Waals surface area contributed by atoms with Crippen molar-refractivity contribution in [3.8, 4) is 0 Å². The number of nitrogens with one attached hydrogen (secondary N) is 1. The van der Waals surface area contributed by atoms with E-state index in [-0.39, 0.29) is 11.5 Å². The fourth-order valence-corrected chi connectivity index (χ4v) is 6.59. The Hall–Kier alpha value is -1.53. The summed E-state index contributed by atoms with van der Waals surface area (Å²) in [5.74, 6) is -0.228. The molecule has 2 heterocycles. The number of aryl methyl sites for hydroxylation is 1. The van der Waals surface area contributed by atoms with E-state index in [2.05, 4.69) is 11.4 Å². The molecule has 1 unspecified atom stereocenters. The molecule has 6 heteroatoms. The first kappa shape index (κ1) is 16.9. The van der Waals surface area contributed by atoms with Gasteiger partial charge in [-0.2, -0.15) is 0 Å². The van der Waals surface area contributed by atoms with Crippen molar-refractivity contribution in [1.82, 2.24) is 5.32 Å². The summed E-state index contributed by atoms with van der Waals surface area (Å²) < 4.78 is 25.5. The van der Waals surface area contributed by atoms with Gasteiger partial charge in [-0.15, -0.1) is 11.8 Å². The number of hydrogen-bond donors (Lipinski definition) is 1. The van der Waals surface area contributed by atoms with Gasteiger partial charge < -0.3 is 5.32 Å². The average Bonchev–Trinajstić information content (AvgIpc) is 2.89. The Balaban J connectivity index is 1.95. The van der Waals surface area contributed by atoms with Crippen LogP contribution in [0.15, 0.2) is 45.0 Å². The van der Waals surface area contributed by atoms with E-state index in [1.54, 1.807) is 11.8 Å². The number of hydrogen-bond acceptors (Lipinski definition) is 5. The Labute approximate surface area is 152 Å². The summed E-state index contributed by atoms with van der Waals surface area (Å²) >= 11 is 1.65. The minimum absolute atomic E-state index is 0.0821. The van der Waals surface area contributed by atoms with Crippen molar-refractivity contribution in [1.29, 1.82) is 0 Å². The van der Waals surface area contributed by atoms with Gasteiger partial charge in [0.1, 0.15) is 0 Å². The molecule has 1 aromatic carbocycles. The zero-order valence-corrected chi connectivity index (χ0v) is 16.0. The lowest BCUT2D eigenvalue weighted by Gasteiger charge is -2.33. The van der Waals surface area contributed by atoms with Gasteiger partial charge in [-0.05, 0) is 43.2 Å². The topological polar surface area (TPSA) is 63.2 Å². The largest absolute Gasteiger partial charge is 0.361 e. The third kappa shape index (κ3) is 2.66. The average molecular weight is 376 g/mol. The quantitative estimate of drug-likeness (QED) is 0.802. The molecule has 4 nitrogen and oxygen atoms in total. The number of allylic oxidation sites excluding steroid dienone is 4. The Morgan fingerprint density at radius 1 is 1.16 bits per heavy atom. The van der Waals surface area contributed by atoms with Crippen LogP contribution in [0.25, 0.3) is 0 Å². The van der Waals surface area contributed by atoms with Crippen LogP contribution in [0.5, 0.6) is 0 Å². The molecule has 1 aromatic rings. The van der Waals surface area contributed by atoms with E-state index < -0.39 is 15.8 Å². The first-order valence-corrected chi connectivity index (χ1v) is 11.4. The zero-order chi connectivity index (χ0) is 17.8. The maximum Gasteiger partial charge on any atom is 0.177 e. The van der Waals surface area contributed by atoms with Gasteiger partial charge in [0, 0.05) is 34.7 Å². The van der Waals surface area contributed by atoms with Crippen LogP contribution in [0.1, 0.15) is 42.7 Å². The monoisotopic (exact) mass is 375 g/mol. The second-order valence-electron chi connectivity index (χ2n) is 6.87. The van der Waals surface area contributed by atoms with Gasteiger partial charge >= 0.3 is 0 Å². The van der Waals surface area contributed by atoms with Crippen molar-refractivity contribution in [2.75, 3.05) is 12.0 Å². The molecule has 4 rings (SSSR count). The molecular formula is C19H21NO3S2. The standard InChI is InChI=1S/C19H21NO3S2/c1-11-6-7-12(10-16(11)24-2)17-18-13(4-3-5-15(18)21)20-14-8-9-25(22,23)19(14)17/h6-7,10,17,20H,3-5,8-9H2,1-2H3. The zero-order valence-electron chi connectivity index (χ0n) is 14.4. The summed E-state index contributed by atoms with van der Waals surface area (Å²) in [5, 5.41) is 3.30. The third-order valence-corrected chi connectivity index (χ3v) is 8.10. The van der Waals surface area contributed by atoms with Gasteiger partial charge in [0.2, 0.25) is 0 Å². The Bertz CT molecular complexity index is 941. The molecule has 1 N–H and O–H groups in total. The molecule has 1 atom stereocenters. The number of thioether (sulfide) groups is 1. The minimum Gasteiger partial charge on any atom is -0.361 e. The number of carbonyl (C=O) groups is 1. The highest BCUT2D eigenvalue weighted by Crippen LogP contribution is 2.47. The van der Waals surface area contributed by atoms with Crippen LogP contribution in [0.4, 0.5) is 0 Å². The van der Waals surface area contributed by atoms with E-state index in [9.17, 15) is 13.2 Å². The molecule has 0 saturated carbocycles. The normalized spacial score (nSPS) is 24.9. The van der Waals surface area contributed by atoms with Crippen molar-refractivity contribution < 1.29 is 13.2 Å². The number of carbonyl (C=O) groups excluding carboxylic acids is 1. The van der Waals surface area contributed by atoms with Gasteiger partial charge in [0.05, 0.1) is 16.6 Å². The Morgan fingerprint density at radius 3 is 2.72 bits per heavy atom. The van der Waals surface area contributed by atoms with Crippen LogP contribution in [0, 0.1) is 6.92 Å². The fraction of sp³-hybridized carbons (Fsp3) is 0.421. The molecule has 3 aliphatic rings. The lowest BCUT2D eigenvalue weighted by Crippen LogP contribution is -2.32. The number of sulfone groups is 1. The third-order valence-electron chi connectivity index (χ3n) is 5.33. The van der Waals surface area contributed by atoms with E-state index in [4.69, 9.17) is 0 Å². The molecule has 0 bridgehead atoms. The highest BCUT2D eigenvalue weighted by molar-refractivity contribution is 7.98. The molecule has 0 radical (unpaired) electrons. The number of dihydropyridines is 1. The van der Waals surface area contributed by atoms with Gasteiger partial charge in [0.25, 0.3) is 0 Å². The van der Waals surface area contributed by atoms with Crippen LogP contribution >= 0.6 is 11.8 Å². The lowest BCUT2D eigenvalue weighted by molar-refractivity contribution is -0.116. The predicted molar refractivity (Wildman–Crippen MR) is 100 cm³/mol. The minimum atomic E-state index is -3.32. The van der Waals surface area contributed by atoms with E-state index in [0.717, 1.165) is 40.3 Å². The summed E-state index contributed by atoms with van der Waals surface area (Å²) in [4.78, 5) is 14.3. The predicted octanol–water partition coefficient (Wildman–Crippen LogP) is 3.44. The van der Waals surface area contributed by atoms with E-state index in [1.165, 1.54) is 0 Å². The molecule has 0 saturated heterocycles. The molecule has 2 aliphatic heterocycles. The van der Waals surface area contributed by atoms with Crippen LogP contribution < -0.4 is 5.32 Å². The molecule has 1 aliphatic carbocycles. The molecular weight excluding hydrogens is 354 g/mol. The van der Waals surface area contributed by atoms with Gasteiger partial charge in [-0.3, -0.25) is 4.79 Å². The second kappa shape index (κ2) is 6.02. The Morgan fingerprint density at radius 2 is 1.96 bits per heavy atom. The van der Waals surface area contributed by atoms with Crippen molar-refractivity contribution in [3.05, 3.63) is 51.2 Å². The lowest BCUT2D eigenvalue weighted by atomic mass is 9.79. The van der Waals surface area contributed by atoms with Crippen LogP contribution in [-0.4, -0.2) is 26.2 Å². The number of ketones is 1. The smallest absolute Gasteiger partial charge is 0.177 e.